The van der Waals surface area contributed by atoms with E-state index in [0.717, 1.165) is 0 Å². The number of hydrogen-bond donors (Lipinski definition) is 7. The summed E-state index contributed by atoms with van der Waals surface area (Å²) in [6.45, 7) is 1.24. The molecule has 1 saturated heterocycles. The number of rotatable bonds is 0. The molecule has 1 aliphatic rings. The van der Waals surface area contributed by atoms with Crippen molar-refractivity contribution in [3.05, 3.63) is 0 Å². The molecule has 0 unspecified atom stereocenters. The van der Waals surface area contributed by atoms with Crippen molar-refractivity contribution in [2.75, 3.05) is 0 Å². The van der Waals surface area contributed by atoms with E-state index < -0.39 is 28.7 Å². The van der Waals surface area contributed by atoms with E-state index in [1.165, 1.54) is 6.92 Å². The normalized spacial score (nSPS) is 37.2. The highest BCUT2D eigenvalue weighted by Crippen LogP contribution is 2.31. The maximum absolute atomic E-state index is 11.5. The average molecular weight is 219 g/mol. The summed E-state index contributed by atoms with van der Waals surface area (Å²) in [7, 11) is 0. The molecule has 1 heterocycles. The van der Waals surface area contributed by atoms with Crippen LogP contribution in [0.3, 0.4) is 0 Å². The molecule has 9 nitrogen and oxygen atoms in total. The number of hydrogen-bond acceptors (Lipinski definition) is 9. The number of carbonyl (C=O) groups excluding carboxylic acids is 1. The predicted molar refractivity (Wildman–Crippen MR) is 52.0 cm³/mol. The maximum Gasteiger partial charge on any atom is 0.332 e. The van der Waals surface area contributed by atoms with Gasteiger partial charge in [0.1, 0.15) is 11.2 Å². The maximum atomic E-state index is 11.5. The Bertz CT molecular complexity index is 309. The van der Waals surface area contributed by atoms with E-state index in [1.807, 2.05) is 0 Å². The molecule has 88 valence electrons. The Hall–Kier alpha value is -0.810. The van der Waals surface area contributed by atoms with Crippen molar-refractivity contribution in [1.29, 1.82) is 0 Å². The van der Waals surface area contributed by atoms with Gasteiger partial charge in [-0.2, -0.15) is 0 Å². The number of ether oxygens (including phenoxy) is 1. The second kappa shape index (κ2) is 2.65. The Labute approximate surface area is 86.2 Å². The van der Waals surface area contributed by atoms with Crippen molar-refractivity contribution >= 4 is 5.97 Å². The summed E-state index contributed by atoms with van der Waals surface area (Å²) in [5, 5.41) is 0. The Morgan fingerprint density at radius 3 is 1.73 bits per heavy atom. The molecule has 0 aliphatic carbocycles. The SMILES string of the molecule is C[C@@]1(N)C(=O)OC(N)(N)C(N)(N)C1(N)N. The van der Waals surface area contributed by atoms with Crippen LogP contribution in [0.1, 0.15) is 6.92 Å². The van der Waals surface area contributed by atoms with E-state index in [-0.39, 0.29) is 0 Å². The first-order valence-corrected chi connectivity index (χ1v) is 4.13. The van der Waals surface area contributed by atoms with Gasteiger partial charge < -0.3 is 33.4 Å². The van der Waals surface area contributed by atoms with Crippen LogP contribution in [0.2, 0.25) is 0 Å². The highest BCUT2D eigenvalue weighted by Gasteiger charge is 2.69. The fourth-order valence-electron chi connectivity index (χ4n) is 1.27. The number of nitrogens with two attached hydrogens (primary N) is 7. The van der Waals surface area contributed by atoms with E-state index >= 15 is 0 Å². The van der Waals surface area contributed by atoms with Crippen molar-refractivity contribution in [3.8, 4) is 0 Å². The molecule has 0 spiro atoms. The Balaban J connectivity index is 3.36. The molecule has 0 amide bonds. The molecule has 1 atom stereocenters. The van der Waals surface area contributed by atoms with Gasteiger partial charge in [-0.1, -0.05) is 0 Å². The fourth-order valence-corrected chi connectivity index (χ4v) is 1.27. The van der Waals surface area contributed by atoms with Gasteiger partial charge in [-0.05, 0) is 6.92 Å². The number of esters is 1. The Morgan fingerprint density at radius 1 is 0.933 bits per heavy atom. The van der Waals surface area contributed by atoms with Crippen LogP contribution in [0.5, 0.6) is 0 Å². The lowest BCUT2D eigenvalue weighted by molar-refractivity contribution is -0.202. The highest BCUT2D eigenvalue weighted by molar-refractivity contribution is 5.84. The zero-order valence-corrected chi connectivity index (χ0v) is 8.36. The highest BCUT2D eigenvalue weighted by atomic mass is 16.6. The van der Waals surface area contributed by atoms with Gasteiger partial charge in [0.15, 0.2) is 5.66 Å². The van der Waals surface area contributed by atoms with Crippen molar-refractivity contribution in [2.45, 2.75) is 29.6 Å². The lowest BCUT2D eigenvalue weighted by Crippen LogP contribution is -2.99. The first kappa shape index (κ1) is 12.3. The quantitative estimate of drug-likeness (QED) is 0.153. The van der Waals surface area contributed by atoms with Crippen LogP contribution in [-0.2, 0) is 9.53 Å². The standard InChI is InChI=1S/C6H17N7O2/c1-3(7)2(14)15-6(12,13)5(10,11)4(3,8)9/h7-13H2,1H3/t3-/m1/s1. The van der Waals surface area contributed by atoms with Gasteiger partial charge in [0.2, 0.25) is 0 Å². The van der Waals surface area contributed by atoms with Gasteiger partial charge in [0, 0.05) is 0 Å². The molecular formula is C6H17N7O2. The van der Waals surface area contributed by atoms with Crippen LogP contribution >= 0.6 is 0 Å². The second-order valence-electron chi connectivity index (χ2n) is 4.12. The summed E-state index contributed by atoms with van der Waals surface area (Å²) in [5.41, 5.74) is 33.0. The average Bonchev–Trinajstić information content (AvgIpc) is 2.00. The molecule has 1 fully saturated rings. The molecule has 1 aliphatic heterocycles. The Kier molecular flexibility index (Phi) is 2.17. The topological polar surface area (TPSA) is 208 Å². The first-order chi connectivity index (χ1) is 6.38. The minimum atomic E-state index is -2.19. The van der Waals surface area contributed by atoms with E-state index in [4.69, 9.17) is 40.1 Å². The number of cyclic esters (lactones) is 1. The van der Waals surface area contributed by atoms with Crippen LogP contribution in [0.15, 0.2) is 0 Å². The molecule has 0 aromatic heterocycles. The smallest absolute Gasteiger partial charge is 0.332 e. The van der Waals surface area contributed by atoms with Crippen molar-refractivity contribution < 1.29 is 9.53 Å². The van der Waals surface area contributed by atoms with Crippen molar-refractivity contribution in [2.24, 2.45) is 40.1 Å². The second-order valence-corrected chi connectivity index (χ2v) is 4.12. The van der Waals surface area contributed by atoms with E-state index in [1.54, 1.807) is 0 Å². The predicted octanol–water partition coefficient (Wildman–Crippen LogP) is -4.94. The van der Waals surface area contributed by atoms with Gasteiger partial charge in [-0.25, -0.2) is 4.79 Å². The van der Waals surface area contributed by atoms with E-state index in [0.29, 0.717) is 0 Å². The molecule has 0 radical (unpaired) electrons. The molecular weight excluding hydrogens is 202 g/mol. The summed E-state index contributed by atoms with van der Waals surface area (Å²) < 4.78 is 4.62. The van der Waals surface area contributed by atoms with Gasteiger partial charge in [0.05, 0.1) is 0 Å². The Morgan fingerprint density at radius 2 is 1.33 bits per heavy atom. The molecule has 0 bridgehead atoms. The minimum Gasteiger partial charge on any atom is -0.426 e. The van der Waals surface area contributed by atoms with Crippen LogP contribution in [0.4, 0.5) is 0 Å². The molecule has 14 N–H and O–H groups in total. The molecule has 0 aromatic carbocycles. The molecule has 0 aromatic rings. The van der Waals surface area contributed by atoms with Gasteiger partial charge >= 0.3 is 5.97 Å². The minimum absolute atomic E-state index is 0.968. The van der Waals surface area contributed by atoms with Crippen LogP contribution < -0.4 is 40.1 Å². The molecule has 15 heavy (non-hydrogen) atoms. The van der Waals surface area contributed by atoms with E-state index in [2.05, 4.69) is 4.74 Å². The molecule has 9 heteroatoms. The van der Waals surface area contributed by atoms with Gasteiger partial charge in [-0.3, -0.25) is 11.5 Å². The first-order valence-electron chi connectivity index (χ1n) is 4.13. The zero-order valence-electron chi connectivity index (χ0n) is 8.36. The summed E-state index contributed by atoms with van der Waals surface area (Å²) in [6.07, 6.45) is 0. The van der Waals surface area contributed by atoms with Gasteiger partial charge in [0.25, 0.3) is 5.85 Å². The summed E-state index contributed by atoms with van der Waals surface area (Å²) in [4.78, 5) is 11.5. The third-order valence-electron chi connectivity index (χ3n) is 2.88. The molecule has 1 rings (SSSR count). The van der Waals surface area contributed by atoms with Crippen LogP contribution in [0, 0.1) is 0 Å². The van der Waals surface area contributed by atoms with Gasteiger partial charge in [-0.15, -0.1) is 0 Å². The zero-order chi connectivity index (χ0) is 12.3. The third kappa shape index (κ3) is 1.19. The lowest BCUT2D eigenvalue weighted by Gasteiger charge is -2.57. The molecule has 0 saturated carbocycles. The van der Waals surface area contributed by atoms with Crippen LogP contribution in [0.25, 0.3) is 0 Å². The lowest BCUT2D eigenvalue weighted by atomic mass is 9.73. The van der Waals surface area contributed by atoms with E-state index in [9.17, 15) is 4.79 Å². The summed E-state index contributed by atoms with van der Waals surface area (Å²) in [5.74, 6) is -3.16. The third-order valence-corrected chi connectivity index (χ3v) is 2.88. The summed E-state index contributed by atoms with van der Waals surface area (Å²) in [6, 6.07) is 0. The van der Waals surface area contributed by atoms with Crippen LogP contribution in [-0.4, -0.2) is 28.7 Å². The van der Waals surface area contributed by atoms with Crippen molar-refractivity contribution in [1.82, 2.24) is 0 Å². The number of carbonyl (C=O) groups is 1. The largest absolute Gasteiger partial charge is 0.426 e. The van der Waals surface area contributed by atoms with Crippen molar-refractivity contribution in [3.63, 3.8) is 0 Å². The fraction of sp³-hybridized carbons (Fsp3) is 0.833. The summed E-state index contributed by atoms with van der Waals surface area (Å²) >= 11 is 0. The monoisotopic (exact) mass is 219 g/mol.